The van der Waals surface area contributed by atoms with Crippen molar-refractivity contribution in [3.8, 4) is 0 Å². The van der Waals surface area contributed by atoms with Crippen LogP contribution in [-0.4, -0.2) is 27.0 Å². The summed E-state index contributed by atoms with van der Waals surface area (Å²) < 4.78 is 0. The van der Waals surface area contributed by atoms with Crippen LogP contribution in [0.25, 0.3) is 0 Å². The summed E-state index contributed by atoms with van der Waals surface area (Å²) in [6.07, 6.45) is 2.67. The molecule has 1 aliphatic heterocycles. The molecule has 1 aromatic heterocycles. The molecule has 11 heavy (non-hydrogen) atoms. The number of rotatable bonds is 0. The van der Waals surface area contributed by atoms with Gasteiger partial charge in [-0.2, -0.15) is 0 Å². The van der Waals surface area contributed by atoms with Crippen LogP contribution in [0.4, 0.5) is 0 Å². The first-order valence-electron chi connectivity index (χ1n) is 3.47. The molecule has 1 aliphatic rings. The van der Waals surface area contributed by atoms with Gasteiger partial charge in [0.05, 0.1) is 5.69 Å². The van der Waals surface area contributed by atoms with Crippen molar-refractivity contribution < 1.29 is 5.11 Å². The minimum atomic E-state index is -0.571. The Morgan fingerprint density at radius 1 is 1.55 bits per heavy atom. The highest BCUT2D eigenvalue weighted by Gasteiger charge is 2.27. The summed E-state index contributed by atoms with van der Waals surface area (Å²) in [5, 5.41) is 9.47. The van der Waals surface area contributed by atoms with E-state index in [4.69, 9.17) is 0 Å². The van der Waals surface area contributed by atoms with Gasteiger partial charge in [0.1, 0.15) is 5.69 Å². The molecule has 0 radical (unpaired) electrons. The predicted octanol–water partition coefficient (Wildman–Crippen LogP) is -0.0871. The molecule has 0 saturated heterocycles. The van der Waals surface area contributed by atoms with Gasteiger partial charge in [0.15, 0.2) is 6.23 Å². The fraction of sp³-hybridized carbons (Fsp3) is 0.429. The van der Waals surface area contributed by atoms with Gasteiger partial charge in [-0.1, -0.05) is 0 Å². The van der Waals surface area contributed by atoms with Crippen molar-refractivity contribution in [3.63, 3.8) is 0 Å². The lowest BCUT2D eigenvalue weighted by molar-refractivity contribution is 0.0309. The van der Waals surface area contributed by atoms with Gasteiger partial charge in [-0.05, 0) is 7.05 Å². The van der Waals surface area contributed by atoms with Crippen LogP contribution in [0.15, 0.2) is 12.4 Å². The quantitative estimate of drug-likeness (QED) is 0.563. The third kappa shape index (κ3) is 0.911. The zero-order valence-electron chi connectivity index (χ0n) is 6.23. The lowest BCUT2D eigenvalue weighted by Crippen LogP contribution is -2.15. The van der Waals surface area contributed by atoms with Gasteiger partial charge in [-0.25, -0.2) is 0 Å². The van der Waals surface area contributed by atoms with Crippen molar-refractivity contribution in [2.75, 3.05) is 7.05 Å². The lowest BCUT2D eigenvalue weighted by Gasteiger charge is -2.11. The van der Waals surface area contributed by atoms with Gasteiger partial charge < -0.3 is 5.11 Å². The first-order chi connectivity index (χ1) is 5.29. The summed E-state index contributed by atoms with van der Waals surface area (Å²) in [4.78, 5) is 9.93. The Labute approximate surface area is 64.5 Å². The number of fused-ring (bicyclic) bond motifs is 1. The molecule has 0 saturated carbocycles. The van der Waals surface area contributed by atoms with Gasteiger partial charge >= 0.3 is 0 Å². The first kappa shape index (κ1) is 6.69. The van der Waals surface area contributed by atoms with Crippen LogP contribution >= 0.6 is 0 Å². The van der Waals surface area contributed by atoms with Crippen molar-refractivity contribution in [2.45, 2.75) is 12.8 Å². The zero-order valence-corrected chi connectivity index (χ0v) is 6.23. The van der Waals surface area contributed by atoms with Crippen molar-refractivity contribution in [2.24, 2.45) is 0 Å². The summed E-state index contributed by atoms with van der Waals surface area (Å²) in [5.41, 5.74) is 1.57. The number of nitrogens with zero attached hydrogens (tertiary/aromatic N) is 3. The Bertz CT molecular complexity index is 276. The third-order valence-electron chi connectivity index (χ3n) is 1.87. The Hall–Kier alpha value is -1.00. The van der Waals surface area contributed by atoms with E-state index in [1.807, 2.05) is 7.05 Å². The molecule has 1 unspecified atom stereocenters. The second-order valence-corrected chi connectivity index (χ2v) is 2.68. The van der Waals surface area contributed by atoms with Crippen molar-refractivity contribution >= 4 is 0 Å². The van der Waals surface area contributed by atoms with Crippen LogP contribution in [0, 0.1) is 0 Å². The Balaban J connectivity index is 2.47. The largest absolute Gasteiger partial charge is 0.372 e. The first-order valence-corrected chi connectivity index (χ1v) is 3.47. The molecule has 4 heteroatoms. The average Bonchev–Trinajstić information content (AvgIpc) is 2.30. The van der Waals surface area contributed by atoms with Crippen LogP contribution in [0.5, 0.6) is 0 Å². The highest BCUT2D eigenvalue weighted by molar-refractivity contribution is 5.17. The SMILES string of the molecule is CN1Cc2nccnc2C1O. The van der Waals surface area contributed by atoms with E-state index < -0.39 is 6.23 Å². The highest BCUT2D eigenvalue weighted by Crippen LogP contribution is 2.25. The molecule has 58 valence electrons. The molecule has 0 spiro atoms. The fourth-order valence-corrected chi connectivity index (χ4v) is 1.25. The maximum Gasteiger partial charge on any atom is 0.152 e. The lowest BCUT2D eigenvalue weighted by atomic mass is 10.3. The van der Waals surface area contributed by atoms with Crippen molar-refractivity contribution in [1.29, 1.82) is 0 Å². The highest BCUT2D eigenvalue weighted by atomic mass is 16.3. The number of aliphatic hydroxyl groups is 1. The number of aromatic nitrogens is 2. The summed E-state index contributed by atoms with van der Waals surface area (Å²) in [6.45, 7) is 0.685. The zero-order chi connectivity index (χ0) is 7.84. The van der Waals surface area contributed by atoms with Gasteiger partial charge in [0.2, 0.25) is 0 Å². The predicted molar refractivity (Wildman–Crippen MR) is 38.5 cm³/mol. The summed E-state index contributed by atoms with van der Waals surface area (Å²) in [5.74, 6) is 0. The monoisotopic (exact) mass is 151 g/mol. The maximum atomic E-state index is 9.47. The molecule has 0 bridgehead atoms. The molecule has 2 rings (SSSR count). The molecule has 0 amide bonds. The van der Waals surface area contributed by atoms with Gasteiger partial charge in [-0.3, -0.25) is 14.9 Å². The summed E-state index contributed by atoms with van der Waals surface area (Å²) in [6, 6.07) is 0. The topological polar surface area (TPSA) is 49.2 Å². The Kier molecular flexibility index (Phi) is 1.37. The van der Waals surface area contributed by atoms with Crippen molar-refractivity contribution in [3.05, 3.63) is 23.8 Å². The van der Waals surface area contributed by atoms with E-state index in [1.54, 1.807) is 17.3 Å². The van der Waals surface area contributed by atoms with E-state index in [9.17, 15) is 5.11 Å². The van der Waals surface area contributed by atoms with E-state index >= 15 is 0 Å². The number of aliphatic hydroxyl groups excluding tert-OH is 1. The van der Waals surface area contributed by atoms with Gasteiger partial charge in [0.25, 0.3) is 0 Å². The molecule has 1 N–H and O–H groups in total. The second-order valence-electron chi connectivity index (χ2n) is 2.68. The second kappa shape index (κ2) is 2.25. The smallest absolute Gasteiger partial charge is 0.152 e. The fourth-order valence-electron chi connectivity index (χ4n) is 1.25. The molecule has 0 fully saturated rings. The minimum absolute atomic E-state index is 0.571. The molecule has 0 aromatic carbocycles. The standard InChI is InChI=1S/C7H9N3O/c1-10-4-5-6(7(10)11)9-3-2-8-5/h2-3,7,11H,4H2,1H3. The number of hydrogen-bond donors (Lipinski definition) is 1. The van der Waals surface area contributed by atoms with E-state index in [0.29, 0.717) is 12.2 Å². The number of hydrogen-bond acceptors (Lipinski definition) is 4. The van der Waals surface area contributed by atoms with E-state index in [2.05, 4.69) is 9.97 Å². The average molecular weight is 151 g/mol. The van der Waals surface area contributed by atoms with Crippen LogP contribution < -0.4 is 0 Å². The molecule has 0 aliphatic carbocycles. The van der Waals surface area contributed by atoms with Crippen LogP contribution in [0.3, 0.4) is 0 Å². The van der Waals surface area contributed by atoms with E-state index in [1.165, 1.54) is 0 Å². The minimum Gasteiger partial charge on any atom is -0.372 e. The Morgan fingerprint density at radius 3 is 3.00 bits per heavy atom. The molecular weight excluding hydrogens is 142 g/mol. The third-order valence-corrected chi connectivity index (χ3v) is 1.87. The maximum absolute atomic E-state index is 9.47. The summed E-state index contributed by atoms with van der Waals surface area (Å²) >= 11 is 0. The van der Waals surface area contributed by atoms with Gasteiger partial charge in [-0.15, -0.1) is 0 Å². The normalized spacial score (nSPS) is 23.6. The van der Waals surface area contributed by atoms with E-state index in [0.717, 1.165) is 5.69 Å². The van der Waals surface area contributed by atoms with E-state index in [-0.39, 0.29) is 0 Å². The van der Waals surface area contributed by atoms with Crippen LogP contribution in [-0.2, 0) is 6.54 Å². The summed E-state index contributed by atoms with van der Waals surface area (Å²) in [7, 11) is 1.84. The molecule has 1 aromatic rings. The van der Waals surface area contributed by atoms with Crippen LogP contribution in [0.1, 0.15) is 17.6 Å². The molecule has 1 atom stereocenters. The molecule has 4 nitrogen and oxygen atoms in total. The van der Waals surface area contributed by atoms with Crippen molar-refractivity contribution in [1.82, 2.24) is 14.9 Å². The van der Waals surface area contributed by atoms with Crippen LogP contribution in [0.2, 0.25) is 0 Å². The molecule has 2 heterocycles. The molecular formula is C7H9N3O. The Morgan fingerprint density at radius 2 is 2.27 bits per heavy atom. The van der Waals surface area contributed by atoms with Gasteiger partial charge in [0, 0.05) is 18.9 Å².